The van der Waals surface area contributed by atoms with Crippen LogP contribution in [0.2, 0.25) is 0 Å². The molecular weight excluding hydrogens is 282 g/mol. The van der Waals surface area contributed by atoms with Gasteiger partial charge < -0.3 is 26.2 Å². The number of nitrogens with one attached hydrogen (secondary N) is 3. The van der Waals surface area contributed by atoms with Crippen molar-refractivity contribution < 1.29 is 29.4 Å². The third kappa shape index (κ3) is 6.21. The van der Waals surface area contributed by atoms with E-state index in [1.807, 2.05) is 0 Å². The van der Waals surface area contributed by atoms with Crippen LogP contribution in [0.15, 0.2) is 0 Å². The lowest BCUT2D eigenvalue weighted by Gasteiger charge is -2.19. The molecule has 0 aromatic rings. The molecule has 0 radical (unpaired) electrons. The smallest absolute Gasteiger partial charge is 0.322 e. The number of carbonyl (C=O) groups excluding carboxylic acids is 2. The molecule has 0 aromatic heterocycles. The molecule has 1 saturated heterocycles. The highest BCUT2D eigenvalue weighted by molar-refractivity contribution is 5.91. The van der Waals surface area contributed by atoms with E-state index in [4.69, 9.17) is 10.2 Å². The number of hydrogen-bond donors (Lipinski definition) is 5. The first-order chi connectivity index (χ1) is 9.90. The summed E-state index contributed by atoms with van der Waals surface area (Å²) in [5.41, 5.74) is 0. The van der Waals surface area contributed by atoms with E-state index < -0.39 is 36.5 Å². The molecule has 1 heterocycles. The number of rotatable bonds is 8. The molecule has 5 N–H and O–H groups in total. The second kappa shape index (κ2) is 8.20. The van der Waals surface area contributed by atoms with Gasteiger partial charge in [0.25, 0.3) is 0 Å². The van der Waals surface area contributed by atoms with Crippen LogP contribution in [-0.4, -0.2) is 59.1 Å². The van der Waals surface area contributed by atoms with Gasteiger partial charge in [-0.15, -0.1) is 0 Å². The zero-order chi connectivity index (χ0) is 15.8. The SMILES string of the molecule is O=C(O)CCC(NC(=O)C1CCCN1)C(=O)NCC(=O)O. The predicted molar refractivity (Wildman–Crippen MR) is 70.5 cm³/mol. The van der Waals surface area contributed by atoms with Gasteiger partial charge in [0.15, 0.2) is 0 Å². The fourth-order valence-electron chi connectivity index (χ4n) is 2.00. The summed E-state index contributed by atoms with van der Waals surface area (Å²) in [4.78, 5) is 44.7. The Morgan fingerprint density at radius 3 is 2.43 bits per heavy atom. The van der Waals surface area contributed by atoms with Gasteiger partial charge in [-0.3, -0.25) is 19.2 Å². The normalized spacial score (nSPS) is 18.8. The van der Waals surface area contributed by atoms with Crippen molar-refractivity contribution in [3.8, 4) is 0 Å². The molecular formula is C12H19N3O6. The van der Waals surface area contributed by atoms with Crippen LogP contribution >= 0.6 is 0 Å². The highest BCUT2D eigenvalue weighted by Crippen LogP contribution is 2.06. The highest BCUT2D eigenvalue weighted by Gasteiger charge is 2.27. The van der Waals surface area contributed by atoms with Crippen LogP contribution in [0.4, 0.5) is 0 Å². The van der Waals surface area contributed by atoms with Crippen molar-refractivity contribution in [2.24, 2.45) is 0 Å². The van der Waals surface area contributed by atoms with Gasteiger partial charge in [0.2, 0.25) is 11.8 Å². The first-order valence-electron chi connectivity index (χ1n) is 6.65. The van der Waals surface area contributed by atoms with Crippen LogP contribution in [0, 0.1) is 0 Å². The van der Waals surface area contributed by atoms with E-state index >= 15 is 0 Å². The van der Waals surface area contributed by atoms with Crippen LogP contribution in [0.5, 0.6) is 0 Å². The molecule has 1 aliphatic heterocycles. The maximum absolute atomic E-state index is 11.9. The van der Waals surface area contributed by atoms with Crippen molar-refractivity contribution in [3.63, 3.8) is 0 Å². The van der Waals surface area contributed by atoms with E-state index in [9.17, 15) is 19.2 Å². The van der Waals surface area contributed by atoms with Crippen molar-refractivity contribution in [2.75, 3.05) is 13.1 Å². The first-order valence-corrected chi connectivity index (χ1v) is 6.65. The average Bonchev–Trinajstić information content (AvgIpc) is 2.94. The average molecular weight is 301 g/mol. The maximum atomic E-state index is 11.9. The Labute approximate surface area is 121 Å². The van der Waals surface area contributed by atoms with E-state index in [1.54, 1.807) is 0 Å². The number of carboxylic acids is 2. The lowest BCUT2D eigenvalue weighted by Crippen LogP contribution is -2.52. The molecule has 0 bridgehead atoms. The maximum Gasteiger partial charge on any atom is 0.322 e. The molecule has 0 aromatic carbocycles. The van der Waals surface area contributed by atoms with Crippen LogP contribution in [0.25, 0.3) is 0 Å². The van der Waals surface area contributed by atoms with Gasteiger partial charge in [0, 0.05) is 6.42 Å². The molecule has 21 heavy (non-hydrogen) atoms. The largest absolute Gasteiger partial charge is 0.481 e. The molecule has 1 fully saturated rings. The summed E-state index contributed by atoms with van der Waals surface area (Å²) in [6, 6.07) is -1.46. The number of carbonyl (C=O) groups is 4. The van der Waals surface area contributed by atoms with Crippen LogP contribution in [0.3, 0.4) is 0 Å². The molecule has 2 amide bonds. The molecule has 2 atom stereocenters. The van der Waals surface area contributed by atoms with Crippen LogP contribution < -0.4 is 16.0 Å². The molecule has 0 aliphatic carbocycles. The fraction of sp³-hybridized carbons (Fsp3) is 0.667. The van der Waals surface area contributed by atoms with Gasteiger partial charge >= 0.3 is 11.9 Å². The Morgan fingerprint density at radius 1 is 1.19 bits per heavy atom. The number of amides is 2. The Morgan fingerprint density at radius 2 is 1.90 bits per heavy atom. The van der Waals surface area contributed by atoms with Crippen molar-refractivity contribution in [3.05, 3.63) is 0 Å². The zero-order valence-corrected chi connectivity index (χ0v) is 11.4. The monoisotopic (exact) mass is 301 g/mol. The van der Waals surface area contributed by atoms with Crippen molar-refractivity contribution in [1.29, 1.82) is 0 Å². The summed E-state index contributed by atoms with van der Waals surface area (Å²) in [6.07, 6.45) is 1.10. The Hall–Kier alpha value is -2.16. The van der Waals surface area contributed by atoms with Gasteiger partial charge in [-0.2, -0.15) is 0 Å². The number of aliphatic carboxylic acids is 2. The molecule has 118 valence electrons. The standard InChI is InChI=1S/C12H19N3O6/c16-9(17)4-3-8(11(20)14-6-10(18)19)15-12(21)7-2-1-5-13-7/h7-8,13H,1-6H2,(H,14,20)(H,15,21)(H,16,17)(H,18,19). The highest BCUT2D eigenvalue weighted by atomic mass is 16.4. The summed E-state index contributed by atoms with van der Waals surface area (Å²) in [7, 11) is 0. The summed E-state index contributed by atoms with van der Waals surface area (Å²) in [5, 5.41) is 24.7. The van der Waals surface area contributed by atoms with Gasteiger partial charge in [0.05, 0.1) is 6.04 Å². The minimum Gasteiger partial charge on any atom is -0.481 e. The van der Waals surface area contributed by atoms with Gasteiger partial charge in [-0.05, 0) is 25.8 Å². The summed E-state index contributed by atoms with van der Waals surface area (Å²) in [5.74, 6) is -3.40. The minimum atomic E-state index is -1.22. The topological polar surface area (TPSA) is 145 Å². The quantitative estimate of drug-likeness (QED) is 0.359. The fourth-order valence-corrected chi connectivity index (χ4v) is 2.00. The lowest BCUT2D eigenvalue weighted by atomic mass is 10.1. The minimum absolute atomic E-state index is 0.0980. The van der Waals surface area contributed by atoms with Gasteiger partial charge in [-0.25, -0.2) is 0 Å². The molecule has 9 nitrogen and oxygen atoms in total. The Bertz CT molecular complexity index is 419. The van der Waals surface area contributed by atoms with Gasteiger partial charge in [0.1, 0.15) is 12.6 Å². The second-order valence-electron chi connectivity index (χ2n) is 4.75. The molecule has 2 unspecified atom stereocenters. The Balaban J connectivity index is 2.57. The van der Waals surface area contributed by atoms with Crippen molar-refractivity contribution >= 4 is 23.8 Å². The van der Waals surface area contributed by atoms with E-state index in [-0.39, 0.29) is 18.7 Å². The molecule has 1 rings (SSSR count). The predicted octanol–water partition coefficient (Wildman–Crippen LogP) is -1.71. The molecule has 9 heteroatoms. The lowest BCUT2D eigenvalue weighted by molar-refractivity contribution is -0.140. The molecule has 0 spiro atoms. The number of hydrogen-bond acceptors (Lipinski definition) is 5. The number of carboxylic acid groups (broad SMARTS) is 2. The van der Waals surface area contributed by atoms with E-state index in [0.29, 0.717) is 13.0 Å². The molecule has 0 saturated carbocycles. The summed E-state index contributed by atoms with van der Waals surface area (Å²) in [6.45, 7) is 0.128. The third-order valence-corrected chi connectivity index (χ3v) is 3.07. The van der Waals surface area contributed by atoms with Gasteiger partial charge in [-0.1, -0.05) is 0 Å². The van der Waals surface area contributed by atoms with Crippen molar-refractivity contribution in [2.45, 2.75) is 37.8 Å². The van der Waals surface area contributed by atoms with Crippen LogP contribution in [-0.2, 0) is 19.2 Å². The summed E-state index contributed by atoms with van der Waals surface area (Å²) >= 11 is 0. The Kier molecular flexibility index (Phi) is 6.60. The second-order valence-corrected chi connectivity index (χ2v) is 4.75. The zero-order valence-electron chi connectivity index (χ0n) is 11.4. The van der Waals surface area contributed by atoms with E-state index in [2.05, 4.69) is 16.0 Å². The van der Waals surface area contributed by atoms with Crippen LogP contribution in [0.1, 0.15) is 25.7 Å². The third-order valence-electron chi connectivity index (χ3n) is 3.07. The van der Waals surface area contributed by atoms with E-state index in [0.717, 1.165) is 6.42 Å². The summed E-state index contributed by atoms with van der Waals surface area (Å²) < 4.78 is 0. The van der Waals surface area contributed by atoms with Crippen molar-refractivity contribution in [1.82, 2.24) is 16.0 Å². The van der Waals surface area contributed by atoms with E-state index in [1.165, 1.54) is 0 Å². The first kappa shape index (κ1) is 16.9. The molecule has 1 aliphatic rings.